The maximum absolute atomic E-state index is 13.2. The van der Waals surface area contributed by atoms with Gasteiger partial charge in [-0.1, -0.05) is 12.1 Å². The van der Waals surface area contributed by atoms with Crippen molar-refractivity contribution in [2.24, 2.45) is 0 Å². The van der Waals surface area contributed by atoms with E-state index in [2.05, 4.69) is 5.32 Å². The minimum absolute atomic E-state index is 0.207. The van der Waals surface area contributed by atoms with E-state index in [0.717, 1.165) is 23.5 Å². The summed E-state index contributed by atoms with van der Waals surface area (Å²) in [6, 6.07) is 5.14. The zero-order valence-corrected chi connectivity index (χ0v) is 19.1. The third-order valence-corrected chi connectivity index (χ3v) is 6.70. The second kappa shape index (κ2) is 11.0. The van der Waals surface area contributed by atoms with Gasteiger partial charge in [0.25, 0.3) is 5.91 Å². The molecule has 1 aliphatic heterocycles. The first kappa shape index (κ1) is 26.3. The molecule has 1 unspecified atom stereocenters. The van der Waals surface area contributed by atoms with Crippen LogP contribution in [-0.4, -0.2) is 58.9 Å². The number of alkyl halides is 4. The van der Waals surface area contributed by atoms with Gasteiger partial charge in [0.1, 0.15) is 18.8 Å². The van der Waals surface area contributed by atoms with Crippen LogP contribution >= 0.6 is 11.3 Å². The van der Waals surface area contributed by atoms with Crippen molar-refractivity contribution >= 4 is 34.9 Å². The Morgan fingerprint density at radius 1 is 1.14 bits per heavy atom. The zero-order chi connectivity index (χ0) is 25.8. The van der Waals surface area contributed by atoms with E-state index in [1.54, 1.807) is 0 Å². The number of likely N-dealkylation sites (tertiary alicyclic amines) is 1. The molecule has 2 amide bonds. The molecule has 188 valence electrons. The fraction of sp³-hybridized carbons (Fsp3) is 0.391. The number of carboxylic acids is 1. The summed E-state index contributed by atoms with van der Waals surface area (Å²) < 4.78 is 51.9. The number of halogens is 4. The monoisotopic (exact) mass is 514 g/mol. The number of rotatable bonds is 8. The van der Waals surface area contributed by atoms with E-state index < -0.39 is 60.5 Å². The number of nitrogens with one attached hydrogen (secondary N) is 1. The molecular weight excluding hydrogens is 492 g/mol. The van der Waals surface area contributed by atoms with E-state index >= 15 is 0 Å². The number of piperidine rings is 1. The van der Waals surface area contributed by atoms with Gasteiger partial charge < -0.3 is 15.3 Å². The molecule has 2 atom stereocenters. The van der Waals surface area contributed by atoms with Crippen LogP contribution < -0.4 is 5.32 Å². The fourth-order valence-electron chi connectivity index (χ4n) is 3.83. The Morgan fingerprint density at radius 3 is 2.54 bits per heavy atom. The number of carbonyl (C=O) groups is 4. The first-order chi connectivity index (χ1) is 16.5. The van der Waals surface area contributed by atoms with Gasteiger partial charge in [-0.05, 0) is 49.1 Å². The Hall–Kier alpha value is -3.28. The van der Waals surface area contributed by atoms with Crippen LogP contribution in [0.4, 0.5) is 17.6 Å². The summed E-state index contributed by atoms with van der Waals surface area (Å²) in [4.78, 5) is 50.7. The number of benzene rings is 1. The molecule has 0 bridgehead atoms. The van der Waals surface area contributed by atoms with Crippen LogP contribution in [0, 0.1) is 0 Å². The number of thiophene rings is 1. The van der Waals surface area contributed by atoms with Gasteiger partial charge in [0.15, 0.2) is 5.78 Å². The van der Waals surface area contributed by atoms with E-state index in [1.165, 1.54) is 29.2 Å². The Balaban J connectivity index is 1.79. The highest BCUT2D eigenvalue weighted by molar-refractivity contribution is 7.17. The Morgan fingerprint density at radius 2 is 1.89 bits per heavy atom. The number of aliphatic carboxylic acids is 1. The number of carboxylic acid groups (broad SMARTS) is 1. The molecule has 2 aromatic rings. The number of nitrogens with zero attached hydrogens (tertiary/aromatic N) is 1. The minimum atomic E-state index is -4.51. The largest absolute Gasteiger partial charge is 0.481 e. The molecule has 1 aromatic heterocycles. The van der Waals surface area contributed by atoms with Crippen LogP contribution in [-0.2, 0) is 20.6 Å². The maximum atomic E-state index is 13.2. The molecule has 3 rings (SSSR count). The van der Waals surface area contributed by atoms with E-state index in [4.69, 9.17) is 5.11 Å². The van der Waals surface area contributed by atoms with E-state index in [-0.39, 0.29) is 23.4 Å². The first-order valence-corrected chi connectivity index (χ1v) is 11.5. The standard InChI is InChI=1S/C23H22F4N2O5S/c24-12-17(30)15(11-20(31)32)28-21(33)16-6-1-2-9-29(16)22(34)19-8-7-18(35-19)13-4-3-5-14(10-13)23(25,26)27/h3-5,7-8,10,15-16H,1-2,6,9,11-12H2,(H,28,33)(H,31,32)/t15?,16-/m0/s1. The molecule has 0 aliphatic carbocycles. The van der Waals surface area contributed by atoms with Gasteiger partial charge in [0.2, 0.25) is 5.91 Å². The van der Waals surface area contributed by atoms with E-state index in [0.29, 0.717) is 17.7 Å². The van der Waals surface area contributed by atoms with Crippen LogP contribution in [0.15, 0.2) is 36.4 Å². The lowest BCUT2D eigenvalue weighted by Crippen LogP contribution is -2.55. The van der Waals surface area contributed by atoms with Gasteiger partial charge in [-0.15, -0.1) is 11.3 Å². The lowest BCUT2D eigenvalue weighted by molar-refractivity contribution is -0.141. The second-order valence-electron chi connectivity index (χ2n) is 8.01. The SMILES string of the molecule is O=C(O)CC(NC(=O)[C@@H]1CCCCN1C(=O)c1ccc(-c2cccc(C(F)(F)F)c2)s1)C(=O)CF. The summed E-state index contributed by atoms with van der Waals surface area (Å²) in [5.74, 6) is -3.76. The van der Waals surface area contributed by atoms with Crippen molar-refractivity contribution in [1.82, 2.24) is 10.2 Å². The minimum Gasteiger partial charge on any atom is -0.481 e. The smallest absolute Gasteiger partial charge is 0.416 e. The molecular formula is C23H22F4N2O5S. The van der Waals surface area contributed by atoms with E-state index in [1.807, 2.05) is 0 Å². The predicted octanol–water partition coefficient (Wildman–Crippen LogP) is 3.93. The highest BCUT2D eigenvalue weighted by Crippen LogP contribution is 2.35. The van der Waals surface area contributed by atoms with Crippen molar-refractivity contribution in [2.45, 2.75) is 43.9 Å². The quantitative estimate of drug-likeness (QED) is 0.520. The lowest BCUT2D eigenvalue weighted by atomic mass is 10.00. The van der Waals surface area contributed by atoms with Crippen molar-refractivity contribution in [3.05, 3.63) is 46.8 Å². The summed E-state index contributed by atoms with van der Waals surface area (Å²) in [6.45, 7) is -1.23. The molecule has 1 saturated heterocycles. The van der Waals surface area contributed by atoms with Gasteiger partial charge in [-0.25, -0.2) is 4.39 Å². The van der Waals surface area contributed by atoms with Crippen LogP contribution in [0.3, 0.4) is 0 Å². The van der Waals surface area contributed by atoms with Gasteiger partial charge >= 0.3 is 12.1 Å². The summed E-state index contributed by atoms with van der Waals surface area (Å²) in [6.07, 6.45) is -3.85. The van der Waals surface area contributed by atoms with Crippen LogP contribution in [0.2, 0.25) is 0 Å². The summed E-state index contributed by atoms with van der Waals surface area (Å²) in [5.41, 5.74) is -0.527. The Bertz CT molecular complexity index is 1120. The summed E-state index contributed by atoms with van der Waals surface area (Å²) >= 11 is 0.980. The molecule has 2 N–H and O–H groups in total. The maximum Gasteiger partial charge on any atom is 0.416 e. The average Bonchev–Trinajstić information content (AvgIpc) is 3.32. The van der Waals surface area contributed by atoms with Crippen molar-refractivity contribution < 1.29 is 41.8 Å². The lowest BCUT2D eigenvalue weighted by Gasteiger charge is -2.35. The molecule has 0 spiro atoms. The Labute approximate surface area is 201 Å². The number of Topliss-reactive ketones (excluding diaryl/α,β-unsaturated/α-hetero) is 1. The topological polar surface area (TPSA) is 104 Å². The van der Waals surface area contributed by atoms with Crippen molar-refractivity contribution in [1.29, 1.82) is 0 Å². The van der Waals surface area contributed by atoms with Gasteiger partial charge in [-0.2, -0.15) is 13.2 Å². The number of hydrogen-bond acceptors (Lipinski definition) is 5. The van der Waals surface area contributed by atoms with Crippen LogP contribution in [0.5, 0.6) is 0 Å². The summed E-state index contributed by atoms with van der Waals surface area (Å²) in [5, 5.41) is 11.2. The summed E-state index contributed by atoms with van der Waals surface area (Å²) in [7, 11) is 0. The second-order valence-corrected chi connectivity index (χ2v) is 9.10. The molecule has 35 heavy (non-hydrogen) atoms. The highest BCUT2D eigenvalue weighted by atomic mass is 32.1. The van der Waals surface area contributed by atoms with Crippen molar-refractivity contribution in [3.63, 3.8) is 0 Å². The average molecular weight is 514 g/mol. The molecule has 7 nitrogen and oxygen atoms in total. The number of carbonyl (C=O) groups excluding carboxylic acids is 3. The van der Waals surface area contributed by atoms with Crippen molar-refractivity contribution in [3.8, 4) is 10.4 Å². The molecule has 1 aromatic carbocycles. The third-order valence-electron chi connectivity index (χ3n) is 5.57. The number of hydrogen-bond donors (Lipinski definition) is 2. The molecule has 1 fully saturated rings. The van der Waals surface area contributed by atoms with Crippen LogP contribution in [0.1, 0.15) is 40.9 Å². The van der Waals surface area contributed by atoms with Crippen molar-refractivity contribution in [2.75, 3.05) is 13.2 Å². The van der Waals surface area contributed by atoms with Gasteiger partial charge in [-0.3, -0.25) is 19.2 Å². The molecule has 0 radical (unpaired) electrons. The van der Waals surface area contributed by atoms with Crippen LogP contribution in [0.25, 0.3) is 10.4 Å². The number of ketones is 1. The van der Waals surface area contributed by atoms with Gasteiger partial charge in [0, 0.05) is 11.4 Å². The zero-order valence-electron chi connectivity index (χ0n) is 18.3. The third kappa shape index (κ3) is 6.44. The predicted molar refractivity (Wildman–Crippen MR) is 119 cm³/mol. The molecule has 12 heteroatoms. The molecule has 0 saturated carbocycles. The highest BCUT2D eigenvalue weighted by Gasteiger charge is 2.36. The molecule has 2 heterocycles. The normalized spacial score (nSPS) is 17.0. The fourth-order valence-corrected chi connectivity index (χ4v) is 4.79. The number of amides is 2. The van der Waals surface area contributed by atoms with Gasteiger partial charge in [0.05, 0.1) is 16.9 Å². The van der Waals surface area contributed by atoms with E-state index in [9.17, 15) is 36.7 Å². The molecule has 1 aliphatic rings. The Kier molecular flexibility index (Phi) is 8.26. The first-order valence-electron chi connectivity index (χ1n) is 10.7.